The van der Waals surface area contributed by atoms with Crippen molar-refractivity contribution in [3.63, 3.8) is 0 Å². The van der Waals surface area contributed by atoms with Crippen molar-refractivity contribution in [1.82, 2.24) is 20.1 Å². The molecule has 0 radical (unpaired) electrons. The molecule has 0 unspecified atom stereocenters. The minimum absolute atomic E-state index is 0.283. The van der Waals surface area contributed by atoms with E-state index in [0.717, 1.165) is 40.9 Å². The smallest absolute Gasteiger partial charge is 0.262 e. The number of carbonyl (C=O) groups excluding carboxylic acids is 3. The van der Waals surface area contributed by atoms with E-state index in [0.29, 0.717) is 29.7 Å². The van der Waals surface area contributed by atoms with Crippen molar-refractivity contribution in [1.29, 1.82) is 0 Å². The fourth-order valence-electron chi connectivity index (χ4n) is 4.14. The number of carbonyl (C=O) groups is 3. The summed E-state index contributed by atoms with van der Waals surface area (Å²) in [6.45, 7) is 3.94. The lowest BCUT2D eigenvalue weighted by Gasteiger charge is -2.34. The number of hydrogen-bond donors (Lipinski definition) is 1. The number of halogens is 1. The van der Waals surface area contributed by atoms with Gasteiger partial charge in [-0.05, 0) is 24.3 Å². The number of nitrogens with one attached hydrogen (secondary N) is 1. The zero-order valence-corrected chi connectivity index (χ0v) is 18.6. The third-order valence-corrected chi connectivity index (χ3v) is 7.01. The van der Waals surface area contributed by atoms with Crippen molar-refractivity contribution in [2.75, 3.05) is 50.7 Å². The van der Waals surface area contributed by atoms with Gasteiger partial charge in [-0.3, -0.25) is 24.2 Å². The molecule has 1 fully saturated rings. The van der Waals surface area contributed by atoms with Gasteiger partial charge in [0.25, 0.3) is 11.8 Å². The van der Waals surface area contributed by atoms with E-state index in [1.165, 1.54) is 17.4 Å². The van der Waals surface area contributed by atoms with Gasteiger partial charge in [-0.25, -0.2) is 9.37 Å². The quantitative estimate of drug-likeness (QED) is 0.558. The summed E-state index contributed by atoms with van der Waals surface area (Å²) in [6, 6.07) is 11.6. The first-order valence-corrected chi connectivity index (χ1v) is 11.6. The number of para-hydroxylation sites is 1. The highest BCUT2D eigenvalue weighted by Crippen LogP contribution is 2.30. The molecule has 0 aliphatic carbocycles. The maximum Gasteiger partial charge on any atom is 0.262 e. The number of nitrogens with zero attached hydrogens (tertiary/aromatic N) is 4. The molecule has 0 bridgehead atoms. The predicted octanol–water partition coefficient (Wildman–Crippen LogP) is 1.97. The van der Waals surface area contributed by atoms with E-state index in [1.807, 2.05) is 6.07 Å². The average Bonchev–Trinajstić information content (AvgIpc) is 3.37. The normalized spacial score (nSPS) is 16.5. The molecule has 10 heteroatoms. The number of thiazole rings is 1. The van der Waals surface area contributed by atoms with Crippen LogP contribution in [-0.4, -0.2) is 78.3 Å². The Morgan fingerprint density at radius 2 is 1.70 bits per heavy atom. The molecule has 1 N–H and O–H groups in total. The second kappa shape index (κ2) is 8.87. The summed E-state index contributed by atoms with van der Waals surface area (Å²) in [6.07, 6.45) is 0. The summed E-state index contributed by atoms with van der Waals surface area (Å²) in [7, 11) is 0. The Morgan fingerprint density at radius 3 is 2.36 bits per heavy atom. The molecular weight excluding hydrogens is 445 g/mol. The molecule has 2 aliphatic heterocycles. The SMILES string of the molecule is O=C(CN1C(=O)c2ccccc2C1=O)NCCN1CCN(c2nc3c(F)cccc3s2)CC1. The van der Waals surface area contributed by atoms with Crippen LogP contribution in [0.2, 0.25) is 0 Å². The van der Waals surface area contributed by atoms with Gasteiger partial charge in [0, 0.05) is 39.3 Å². The van der Waals surface area contributed by atoms with Crippen LogP contribution in [0.15, 0.2) is 42.5 Å². The summed E-state index contributed by atoms with van der Waals surface area (Å²) in [5, 5.41) is 3.62. The number of aromatic nitrogens is 1. The van der Waals surface area contributed by atoms with Gasteiger partial charge in [-0.2, -0.15) is 0 Å². The Bertz CT molecular complexity index is 1200. The topological polar surface area (TPSA) is 85.8 Å². The van der Waals surface area contributed by atoms with E-state index in [1.54, 1.807) is 30.3 Å². The molecule has 1 saturated heterocycles. The molecule has 0 spiro atoms. The Morgan fingerprint density at radius 1 is 1.00 bits per heavy atom. The zero-order valence-electron chi connectivity index (χ0n) is 17.8. The first-order chi connectivity index (χ1) is 16.0. The summed E-state index contributed by atoms with van der Waals surface area (Å²) in [4.78, 5) is 46.9. The number of piperazine rings is 1. The van der Waals surface area contributed by atoms with Crippen LogP contribution in [0.4, 0.5) is 9.52 Å². The lowest BCUT2D eigenvalue weighted by molar-refractivity contribution is -0.121. The maximum absolute atomic E-state index is 13.9. The van der Waals surface area contributed by atoms with Crippen molar-refractivity contribution in [3.8, 4) is 0 Å². The molecule has 2 aromatic carbocycles. The average molecular weight is 468 g/mol. The number of anilines is 1. The third-order valence-electron chi connectivity index (χ3n) is 5.93. The first kappa shape index (κ1) is 21.5. The Labute approximate surface area is 193 Å². The summed E-state index contributed by atoms with van der Waals surface area (Å²) >= 11 is 1.49. The highest BCUT2D eigenvalue weighted by atomic mass is 32.1. The van der Waals surface area contributed by atoms with Crippen LogP contribution < -0.4 is 10.2 Å². The largest absolute Gasteiger partial charge is 0.353 e. The summed E-state index contributed by atoms with van der Waals surface area (Å²) in [5.41, 5.74) is 1.09. The van der Waals surface area contributed by atoms with Crippen LogP contribution in [0.5, 0.6) is 0 Å². The standard InChI is InChI=1S/C23H22FN5O3S/c24-17-6-3-7-18-20(17)26-23(33-18)28-12-10-27(11-13-28)9-8-25-19(30)14-29-21(31)15-4-1-2-5-16(15)22(29)32/h1-7H,8-14H2,(H,25,30). The van der Waals surface area contributed by atoms with Crippen LogP contribution in [-0.2, 0) is 4.79 Å². The van der Waals surface area contributed by atoms with E-state index in [-0.39, 0.29) is 18.3 Å². The van der Waals surface area contributed by atoms with Crippen molar-refractivity contribution < 1.29 is 18.8 Å². The zero-order chi connectivity index (χ0) is 22.9. The minimum atomic E-state index is -0.434. The molecule has 0 atom stereocenters. The molecule has 170 valence electrons. The summed E-state index contributed by atoms with van der Waals surface area (Å²) < 4.78 is 14.8. The van der Waals surface area contributed by atoms with Gasteiger partial charge in [0.15, 0.2) is 5.13 Å². The number of benzene rings is 2. The highest BCUT2D eigenvalue weighted by Gasteiger charge is 2.36. The van der Waals surface area contributed by atoms with Gasteiger partial charge in [0.2, 0.25) is 5.91 Å². The van der Waals surface area contributed by atoms with Gasteiger partial charge in [0.05, 0.1) is 15.8 Å². The molecule has 3 amide bonds. The fraction of sp³-hybridized carbons (Fsp3) is 0.304. The molecule has 0 saturated carbocycles. The van der Waals surface area contributed by atoms with Crippen LogP contribution in [0.3, 0.4) is 0 Å². The number of rotatable bonds is 6. The number of imide groups is 1. The Hall–Kier alpha value is -3.37. The first-order valence-electron chi connectivity index (χ1n) is 10.8. The van der Waals surface area contributed by atoms with Gasteiger partial charge >= 0.3 is 0 Å². The van der Waals surface area contributed by atoms with Crippen molar-refractivity contribution in [2.24, 2.45) is 0 Å². The predicted molar refractivity (Wildman–Crippen MR) is 123 cm³/mol. The van der Waals surface area contributed by atoms with Gasteiger partial charge in [0.1, 0.15) is 17.9 Å². The van der Waals surface area contributed by atoms with Crippen molar-refractivity contribution in [3.05, 3.63) is 59.4 Å². The van der Waals surface area contributed by atoms with Crippen LogP contribution >= 0.6 is 11.3 Å². The molecule has 2 aliphatic rings. The van der Waals surface area contributed by atoms with Crippen molar-refractivity contribution >= 4 is 44.4 Å². The number of amides is 3. The van der Waals surface area contributed by atoms with E-state index < -0.39 is 11.8 Å². The molecule has 1 aromatic heterocycles. The number of fused-ring (bicyclic) bond motifs is 2. The lowest BCUT2D eigenvalue weighted by Crippen LogP contribution is -2.49. The fourth-order valence-corrected chi connectivity index (χ4v) is 5.17. The number of hydrogen-bond acceptors (Lipinski definition) is 7. The van der Waals surface area contributed by atoms with E-state index in [9.17, 15) is 18.8 Å². The molecule has 3 heterocycles. The Balaban J connectivity index is 1.07. The third kappa shape index (κ3) is 4.19. The second-order valence-corrected chi connectivity index (χ2v) is 9.01. The van der Waals surface area contributed by atoms with Crippen molar-refractivity contribution in [2.45, 2.75) is 0 Å². The second-order valence-electron chi connectivity index (χ2n) is 8.00. The molecule has 33 heavy (non-hydrogen) atoms. The molecule has 3 aromatic rings. The lowest BCUT2D eigenvalue weighted by atomic mass is 10.1. The Kier molecular flexibility index (Phi) is 5.77. The molecular formula is C23H22FN5O3S. The van der Waals surface area contributed by atoms with E-state index in [2.05, 4.69) is 20.1 Å². The van der Waals surface area contributed by atoms with Crippen LogP contribution in [0.1, 0.15) is 20.7 Å². The summed E-state index contributed by atoms with van der Waals surface area (Å²) in [5.74, 6) is -1.53. The highest BCUT2D eigenvalue weighted by molar-refractivity contribution is 7.22. The minimum Gasteiger partial charge on any atom is -0.353 e. The van der Waals surface area contributed by atoms with E-state index >= 15 is 0 Å². The monoisotopic (exact) mass is 467 g/mol. The van der Waals surface area contributed by atoms with Gasteiger partial charge < -0.3 is 10.2 Å². The maximum atomic E-state index is 13.9. The van der Waals surface area contributed by atoms with E-state index in [4.69, 9.17) is 0 Å². The molecule has 8 nitrogen and oxygen atoms in total. The van der Waals surface area contributed by atoms with Gasteiger partial charge in [-0.15, -0.1) is 0 Å². The van der Waals surface area contributed by atoms with Gasteiger partial charge in [-0.1, -0.05) is 29.5 Å². The van der Waals surface area contributed by atoms with Crippen LogP contribution in [0.25, 0.3) is 10.2 Å². The molecule has 5 rings (SSSR count). The van der Waals surface area contributed by atoms with Crippen LogP contribution in [0, 0.1) is 5.82 Å².